The lowest BCUT2D eigenvalue weighted by atomic mass is 9.83. The molecule has 2 aromatic heterocycles. The third-order valence-electron chi connectivity index (χ3n) is 7.51. The molecule has 1 aliphatic carbocycles. The van der Waals surface area contributed by atoms with Crippen LogP contribution in [0.5, 0.6) is 0 Å². The van der Waals surface area contributed by atoms with Crippen LogP contribution < -0.4 is 14.9 Å². The molecule has 0 spiro atoms. The van der Waals surface area contributed by atoms with Crippen LogP contribution in [0.15, 0.2) is 98.8 Å². The summed E-state index contributed by atoms with van der Waals surface area (Å²) in [5.41, 5.74) is 8.16. The molecule has 0 fully saturated rings. The molecule has 4 nitrogen and oxygen atoms in total. The van der Waals surface area contributed by atoms with Crippen LogP contribution in [-0.2, 0) is 13.0 Å². The van der Waals surface area contributed by atoms with E-state index in [-0.39, 0.29) is 11.6 Å². The highest BCUT2D eigenvalue weighted by molar-refractivity contribution is 9.10. The van der Waals surface area contributed by atoms with Crippen molar-refractivity contribution < 1.29 is 0 Å². The molecule has 2 aliphatic rings. The van der Waals surface area contributed by atoms with Crippen LogP contribution in [0.4, 0.5) is 0 Å². The Balaban J connectivity index is 1.49. The standard InChI is InChI=1S/C31H24BrN3OS/c1-2-34-18-21(23-8-5-6-10-26(23)34)17-27-30(36)35-29(20-11-14-22(32)15-12-20)25-16-13-19-7-3-4-9-24(19)28(25)33-31(35)37-27/h3-12,14-15,17-18,29H,2,13,16H2,1H3/b27-17+. The van der Waals surface area contributed by atoms with E-state index in [2.05, 4.69) is 106 Å². The van der Waals surface area contributed by atoms with Gasteiger partial charge in [-0.05, 0) is 60.7 Å². The van der Waals surface area contributed by atoms with Gasteiger partial charge in [-0.3, -0.25) is 9.36 Å². The maximum atomic E-state index is 14.0. The SMILES string of the molecule is CCn1cc(/C=c2/sc3n(c2=O)C(c2ccc(Br)cc2)C2=C(N=3)c3ccccc3CC2)c2ccccc21. The van der Waals surface area contributed by atoms with Crippen LogP contribution in [0.1, 0.15) is 41.6 Å². The summed E-state index contributed by atoms with van der Waals surface area (Å²) in [5.74, 6) is 0. The summed E-state index contributed by atoms with van der Waals surface area (Å²) in [5, 5.41) is 1.16. The molecule has 1 atom stereocenters. The lowest BCUT2D eigenvalue weighted by molar-refractivity contribution is 0.585. The predicted molar refractivity (Wildman–Crippen MR) is 155 cm³/mol. The number of halogens is 1. The molecule has 0 N–H and O–H groups in total. The van der Waals surface area contributed by atoms with Crippen molar-refractivity contribution >= 4 is 49.9 Å². The molecule has 0 bridgehead atoms. The molecule has 182 valence electrons. The number of aromatic nitrogens is 2. The lowest BCUT2D eigenvalue weighted by Gasteiger charge is -2.30. The van der Waals surface area contributed by atoms with Gasteiger partial charge in [0.15, 0.2) is 4.80 Å². The molecular formula is C31H24BrN3OS. The fraction of sp³-hybridized carbons (Fsp3) is 0.161. The van der Waals surface area contributed by atoms with Gasteiger partial charge in [0.1, 0.15) is 0 Å². The lowest BCUT2D eigenvalue weighted by Crippen LogP contribution is -2.38. The van der Waals surface area contributed by atoms with Crippen molar-refractivity contribution in [3.8, 4) is 0 Å². The van der Waals surface area contributed by atoms with E-state index in [9.17, 15) is 4.79 Å². The number of rotatable bonds is 3. The summed E-state index contributed by atoms with van der Waals surface area (Å²) in [6.07, 6.45) is 6.05. The molecule has 0 saturated carbocycles. The van der Waals surface area contributed by atoms with Crippen molar-refractivity contribution in [2.24, 2.45) is 4.99 Å². The number of hydrogen-bond acceptors (Lipinski definition) is 3. The maximum Gasteiger partial charge on any atom is 0.271 e. The molecule has 0 amide bonds. The highest BCUT2D eigenvalue weighted by Crippen LogP contribution is 2.41. The summed E-state index contributed by atoms with van der Waals surface area (Å²) in [6, 6.07) is 25.1. The summed E-state index contributed by atoms with van der Waals surface area (Å²) in [7, 11) is 0. The Hall–Kier alpha value is -3.48. The Morgan fingerprint density at radius 1 is 1.03 bits per heavy atom. The Morgan fingerprint density at radius 2 is 1.81 bits per heavy atom. The highest BCUT2D eigenvalue weighted by Gasteiger charge is 2.32. The summed E-state index contributed by atoms with van der Waals surface area (Å²) in [6.45, 7) is 3.02. The molecule has 3 aromatic carbocycles. The van der Waals surface area contributed by atoms with Gasteiger partial charge in [0.2, 0.25) is 0 Å². The van der Waals surface area contributed by atoms with Crippen molar-refractivity contribution in [1.82, 2.24) is 9.13 Å². The first-order chi connectivity index (χ1) is 18.1. The first-order valence-corrected chi connectivity index (χ1v) is 14.2. The van der Waals surface area contributed by atoms with E-state index in [1.807, 2.05) is 10.6 Å². The van der Waals surface area contributed by atoms with Crippen molar-refractivity contribution in [1.29, 1.82) is 0 Å². The zero-order valence-electron chi connectivity index (χ0n) is 20.3. The van der Waals surface area contributed by atoms with Gasteiger partial charge in [0, 0.05) is 39.2 Å². The van der Waals surface area contributed by atoms with Gasteiger partial charge in [0.05, 0.1) is 16.3 Å². The Kier molecular flexibility index (Phi) is 5.41. The van der Waals surface area contributed by atoms with Gasteiger partial charge in [-0.1, -0.05) is 81.9 Å². The number of nitrogens with zero attached hydrogens (tertiary/aromatic N) is 3. The number of para-hydroxylation sites is 1. The van der Waals surface area contributed by atoms with Crippen molar-refractivity contribution in [2.75, 3.05) is 0 Å². The van der Waals surface area contributed by atoms with E-state index in [1.54, 1.807) is 0 Å². The smallest absolute Gasteiger partial charge is 0.271 e. The fourth-order valence-corrected chi connectivity index (χ4v) is 7.02. The minimum atomic E-state index is -0.160. The fourth-order valence-electron chi connectivity index (χ4n) is 5.76. The first-order valence-electron chi connectivity index (χ1n) is 12.6. The number of aryl methyl sites for hydroxylation is 2. The van der Waals surface area contributed by atoms with E-state index in [0.717, 1.165) is 50.9 Å². The van der Waals surface area contributed by atoms with Crippen LogP contribution in [-0.4, -0.2) is 9.13 Å². The average molecular weight is 567 g/mol. The number of allylic oxidation sites excluding steroid dienone is 1. The predicted octanol–water partition coefficient (Wildman–Crippen LogP) is 6.06. The van der Waals surface area contributed by atoms with E-state index in [1.165, 1.54) is 33.6 Å². The molecule has 6 heteroatoms. The van der Waals surface area contributed by atoms with Gasteiger partial charge in [-0.15, -0.1) is 0 Å². The summed E-state index contributed by atoms with van der Waals surface area (Å²) >= 11 is 5.06. The molecule has 1 unspecified atom stereocenters. The average Bonchev–Trinajstić information content (AvgIpc) is 3.45. The Labute approximate surface area is 226 Å². The van der Waals surface area contributed by atoms with Crippen LogP contribution >= 0.6 is 27.3 Å². The second-order valence-corrected chi connectivity index (χ2v) is 11.5. The van der Waals surface area contributed by atoms with E-state index in [0.29, 0.717) is 4.53 Å². The number of thiazole rings is 1. The maximum absolute atomic E-state index is 14.0. The molecule has 7 rings (SSSR count). The molecular weight excluding hydrogens is 542 g/mol. The normalized spacial score (nSPS) is 16.9. The third kappa shape index (κ3) is 3.62. The zero-order valence-corrected chi connectivity index (χ0v) is 22.7. The first kappa shape index (κ1) is 22.7. The van der Waals surface area contributed by atoms with Gasteiger partial charge < -0.3 is 4.57 Å². The van der Waals surface area contributed by atoms with Crippen LogP contribution in [0.2, 0.25) is 0 Å². The van der Waals surface area contributed by atoms with Gasteiger partial charge in [-0.2, -0.15) is 0 Å². The second kappa shape index (κ2) is 8.82. The van der Waals surface area contributed by atoms with Gasteiger partial charge in [-0.25, -0.2) is 4.99 Å². The van der Waals surface area contributed by atoms with E-state index < -0.39 is 0 Å². The van der Waals surface area contributed by atoms with E-state index in [4.69, 9.17) is 4.99 Å². The molecule has 5 aromatic rings. The third-order valence-corrected chi connectivity index (χ3v) is 9.02. The number of benzene rings is 3. The molecule has 1 aliphatic heterocycles. The van der Waals surface area contributed by atoms with Crippen LogP contribution in [0.25, 0.3) is 22.7 Å². The molecule has 0 saturated heterocycles. The Morgan fingerprint density at radius 3 is 2.65 bits per heavy atom. The largest absolute Gasteiger partial charge is 0.347 e. The van der Waals surface area contributed by atoms with Crippen LogP contribution in [0.3, 0.4) is 0 Å². The Bertz CT molecular complexity index is 1910. The summed E-state index contributed by atoms with van der Waals surface area (Å²) < 4.78 is 5.90. The second-order valence-electron chi connectivity index (χ2n) is 9.55. The van der Waals surface area contributed by atoms with Crippen molar-refractivity contribution in [3.05, 3.63) is 131 Å². The van der Waals surface area contributed by atoms with Gasteiger partial charge >= 0.3 is 0 Å². The summed E-state index contributed by atoms with van der Waals surface area (Å²) in [4.78, 5) is 19.9. The van der Waals surface area contributed by atoms with Gasteiger partial charge in [0.25, 0.3) is 5.56 Å². The molecule has 0 radical (unpaired) electrons. The van der Waals surface area contributed by atoms with E-state index >= 15 is 0 Å². The zero-order chi connectivity index (χ0) is 25.1. The number of fused-ring (bicyclic) bond motifs is 4. The van der Waals surface area contributed by atoms with Crippen LogP contribution in [0, 0.1) is 0 Å². The van der Waals surface area contributed by atoms with Crippen molar-refractivity contribution in [3.63, 3.8) is 0 Å². The minimum Gasteiger partial charge on any atom is -0.347 e. The molecule has 37 heavy (non-hydrogen) atoms. The quantitative estimate of drug-likeness (QED) is 0.262. The van der Waals surface area contributed by atoms with Crippen molar-refractivity contribution in [2.45, 2.75) is 32.4 Å². The molecule has 3 heterocycles. The topological polar surface area (TPSA) is 39.3 Å². The number of hydrogen-bond donors (Lipinski definition) is 0. The minimum absolute atomic E-state index is 0.0235. The monoisotopic (exact) mass is 565 g/mol. The highest BCUT2D eigenvalue weighted by atomic mass is 79.9.